The highest BCUT2D eigenvalue weighted by Crippen LogP contribution is 2.35. The van der Waals surface area contributed by atoms with E-state index < -0.39 is 0 Å². The maximum Gasteiger partial charge on any atom is 0.0352 e. The average Bonchev–Trinajstić information content (AvgIpc) is 2.39. The van der Waals surface area contributed by atoms with Crippen LogP contribution in [0.25, 0.3) is 0 Å². The Bertz CT molecular complexity index is 425. The zero-order valence-electron chi connectivity index (χ0n) is 11.2. The minimum absolute atomic E-state index is 0.673. The molecule has 0 aromatic heterocycles. The minimum Gasteiger partial charge on any atom is -0.294 e. The number of piperazine rings is 1. The second-order valence-corrected chi connectivity index (χ2v) is 6.41. The smallest absolute Gasteiger partial charge is 0.0352 e. The minimum atomic E-state index is 0.673. The summed E-state index contributed by atoms with van der Waals surface area (Å²) >= 11 is 0. The van der Waals surface area contributed by atoms with Gasteiger partial charge < -0.3 is 0 Å². The fourth-order valence-electron chi connectivity index (χ4n) is 3.32. The predicted molar refractivity (Wildman–Crippen MR) is 79.7 cm³/mol. The fourth-order valence-corrected chi connectivity index (χ4v) is 3.55. The first kappa shape index (κ1) is 12.6. The summed E-state index contributed by atoms with van der Waals surface area (Å²) in [6.07, 6.45) is 3.96. The van der Waals surface area contributed by atoms with E-state index in [1.807, 2.05) is 0 Å². The molecule has 0 bridgehead atoms. The lowest BCUT2D eigenvalue weighted by atomic mass is 9.85. The molecule has 2 atom stereocenters. The summed E-state index contributed by atoms with van der Waals surface area (Å²) in [7, 11) is 2.84. The van der Waals surface area contributed by atoms with Gasteiger partial charge in [0.15, 0.2) is 0 Å². The molecule has 0 spiro atoms. The largest absolute Gasteiger partial charge is 0.294 e. The summed E-state index contributed by atoms with van der Waals surface area (Å²) in [5.74, 6) is 0. The van der Waals surface area contributed by atoms with E-state index in [0.29, 0.717) is 6.04 Å². The number of fused-ring (bicyclic) bond motifs is 1. The van der Waals surface area contributed by atoms with Gasteiger partial charge in [0.25, 0.3) is 0 Å². The summed E-state index contributed by atoms with van der Waals surface area (Å²) in [6, 6.07) is 7.71. The molecule has 1 aliphatic carbocycles. The number of nitrogens with zero attached hydrogens (tertiary/aromatic N) is 2. The van der Waals surface area contributed by atoms with Crippen molar-refractivity contribution < 1.29 is 0 Å². The lowest BCUT2D eigenvalue weighted by Crippen LogP contribution is -2.44. The van der Waals surface area contributed by atoms with Gasteiger partial charge in [-0.15, -0.1) is 0 Å². The lowest BCUT2D eigenvalue weighted by molar-refractivity contribution is 0.129. The van der Waals surface area contributed by atoms with Crippen molar-refractivity contribution in [2.45, 2.75) is 32.2 Å². The number of hydrogen-bond acceptors (Lipinski definition) is 2. The zero-order chi connectivity index (χ0) is 12.5. The van der Waals surface area contributed by atoms with Crippen molar-refractivity contribution >= 4 is 9.39 Å². The van der Waals surface area contributed by atoms with Gasteiger partial charge in [0.1, 0.15) is 0 Å². The van der Waals surface area contributed by atoms with E-state index in [0.717, 1.165) is 0 Å². The molecular formula is C15H23N2P. The molecule has 1 aromatic rings. The molecule has 3 rings (SSSR count). The van der Waals surface area contributed by atoms with Gasteiger partial charge in [-0.1, -0.05) is 33.2 Å². The summed E-state index contributed by atoms with van der Waals surface area (Å²) in [5.41, 5.74) is 4.61. The molecule has 98 valence electrons. The fraction of sp³-hybridized carbons (Fsp3) is 0.600. The van der Waals surface area contributed by atoms with Crippen molar-refractivity contribution in [3.8, 4) is 0 Å². The van der Waals surface area contributed by atoms with Crippen molar-refractivity contribution in [2.24, 2.45) is 0 Å². The molecule has 0 saturated carbocycles. The molecular weight excluding hydrogens is 239 g/mol. The Kier molecular flexibility index (Phi) is 3.70. The van der Waals surface area contributed by atoms with Crippen LogP contribution in [0.5, 0.6) is 0 Å². The van der Waals surface area contributed by atoms with Crippen LogP contribution in [0, 0.1) is 6.92 Å². The van der Waals surface area contributed by atoms with E-state index in [4.69, 9.17) is 0 Å². The molecule has 1 fully saturated rings. The lowest BCUT2D eigenvalue weighted by Gasteiger charge is -2.40. The van der Waals surface area contributed by atoms with E-state index in [9.17, 15) is 0 Å². The van der Waals surface area contributed by atoms with Crippen LogP contribution in [0.3, 0.4) is 0 Å². The maximum absolute atomic E-state index is 2.84. The van der Waals surface area contributed by atoms with Crippen LogP contribution >= 0.6 is 9.39 Å². The van der Waals surface area contributed by atoms with Crippen LogP contribution < -0.4 is 0 Å². The molecule has 1 aliphatic heterocycles. The zero-order valence-corrected chi connectivity index (χ0v) is 12.4. The third-order valence-corrected chi connectivity index (χ3v) is 4.89. The number of hydrogen-bond donors (Lipinski definition) is 0. The molecule has 0 amide bonds. The van der Waals surface area contributed by atoms with Crippen molar-refractivity contribution in [1.29, 1.82) is 0 Å². The Labute approximate surface area is 113 Å². The molecule has 1 aromatic carbocycles. The molecule has 1 heterocycles. The molecule has 2 aliphatic rings. The van der Waals surface area contributed by atoms with Gasteiger partial charge in [-0.3, -0.25) is 9.57 Å². The molecule has 2 unspecified atom stereocenters. The molecule has 3 heteroatoms. The van der Waals surface area contributed by atoms with Gasteiger partial charge in [0.05, 0.1) is 0 Å². The van der Waals surface area contributed by atoms with E-state index in [1.165, 1.54) is 51.0 Å². The van der Waals surface area contributed by atoms with Crippen LogP contribution in [0.4, 0.5) is 0 Å². The number of rotatable bonds is 1. The number of aryl methyl sites for hydroxylation is 2. The quantitative estimate of drug-likeness (QED) is 0.718. The highest BCUT2D eigenvalue weighted by molar-refractivity contribution is 7.13. The first-order valence-corrected chi connectivity index (χ1v) is 7.59. The third kappa shape index (κ3) is 2.47. The standard InChI is InChI=1S/C15H23N2P/c1-12-5-6-13-3-2-4-15(14(13)11-12)16-7-9-17(18)10-8-16/h5-6,11,15H,2-4,7-10,18H2,1H3. The van der Waals surface area contributed by atoms with Crippen LogP contribution in [0.1, 0.15) is 35.6 Å². The van der Waals surface area contributed by atoms with E-state index in [-0.39, 0.29) is 0 Å². The van der Waals surface area contributed by atoms with Crippen molar-refractivity contribution in [2.75, 3.05) is 26.2 Å². The third-order valence-electron chi connectivity index (χ3n) is 4.37. The Balaban J connectivity index is 1.84. The van der Waals surface area contributed by atoms with Gasteiger partial charge in [0.2, 0.25) is 0 Å². The van der Waals surface area contributed by atoms with Crippen molar-refractivity contribution in [3.05, 3.63) is 34.9 Å². The van der Waals surface area contributed by atoms with Crippen LogP contribution in [0.15, 0.2) is 18.2 Å². The van der Waals surface area contributed by atoms with E-state index in [2.05, 4.69) is 44.1 Å². The van der Waals surface area contributed by atoms with Crippen LogP contribution in [-0.2, 0) is 6.42 Å². The molecule has 2 nitrogen and oxygen atoms in total. The van der Waals surface area contributed by atoms with Crippen molar-refractivity contribution in [1.82, 2.24) is 9.57 Å². The Morgan fingerprint density at radius 1 is 1.17 bits per heavy atom. The van der Waals surface area contributed by atoms with E-state index in [1.54, 1.807) is 11.1 Å². The molecule has 0 radical (unpaired) electrons. The maximum atomic E-state index is 2.84. The monoisotopic (exact) mass is 262 g/mol. The Morgan fingerprint density at radius 3 is 2.72 bits per heavy atom. The summed E-state index contributed by atoms with van der Waals surface area (Å²) in [4.78, 5) is 2.69. The first-order valence-electron chi connectivity index (χ1n) is 7.07. The number of benzene rings is 1. The van der Waals surface area contributed by atoms with Gasteiger partial charge in [0, 0.05) is 32.2 Å². The Morgan fingerprint density at radius 2 is 1.94 bits per heavy atom. The van der Waals surface area contributed by atoms with Gasteiger partial charge in [-0.2, -0.15) is 0 Å². The predicted octanol–water partition coefficient (Wildman–Crippen LogP) is 2.78. The summed E-state index contributed by atoms with van der Waals surface area (Å²) in [5, 5.41) is 0. The van der Waals surface area contributed by atoms with Crippen LogP contribution in [-0.4, -0.2) is 35.7 Å². The van der Waals surface area contributed by atoms with Crippen LogP contribution in [0.2, 0.25) is 0 Å². The highest BCUT2D eigenvalue weighted by atomic mass is 31.0. The summed E-state index contributed by atoms with van der Waals surface area (Å²) < 4.78 is 2.36. The molecule has 0 N–H and O–H groups in total. The normalized spacial score (nSPS) is 26.0. The molecule has 1 saturated heterocycles. The second-order valence-electron chi connectivity index (χ2n) is 5.68. The van der Waals surface area contributed by atoms with Gasteiger partial charge >= 0.3 is 0 Å². The van der Waals surface area contributed by atoms with E-state index >= 15 is 0 Å². The Hall–Kier alpha value is -0.430. The average molecular weight is 262 g/mol. The summed E-state index contributed by atoms with van der Waals surface area (Å²) in [6.45, 7) is 7.00. The first-order chi connectivity index (χ1) is 8.74. The van der Waals surface area contributed by atoms with Gasteiger partial charge in [-0.25, -0.2) is 0 Å². The SMILES string of the molecule is Cc1ccc2c(c1)C(N1CCN(P)CC1)CCC2. The van der Waals surface area contributed by atoms with Gasteiger partial charge in [-0.05, 0) is 37.3 Å². The van der Waals surface area contributed by atoms with Crippen molar-refractivity contribution in [3.63, 3.8) is 0 Å². The topological polar surface area (TPSA) is 6.48 Å². The second kappa shape index (κ2) is 5.28. The highest BCUT2D eigenvalue weighted by Gasteiger charge is 2.27. The molecule has 18 heavy (non-hydrogen) atoms.